The summed E-state index contributed by atoms with van der Waals surface area (Å²) in [4.78, 5) is 10.3. The van der Waals surface area contributed by atoms with Crippen LogP contribution in [0, 0.1) is 0 Å². The normalized spacial score (nSPS) is 13.9. The lowest BCUT2D eigenvalue weighted by Gasteiger charge is -2.19. The van der Waals surface area contributed by atoms with E-state index in [9.17, 15) is 15.0 Å². The van der Waals surface area contributed by atoms with E-state index in [0.717, 1.165) is 0 Å². The fraction of sp³-hybridized carbons (Fsp3) is 0.364. The van der Waals surface area contributed by atoms with Crippen LogP contribution in [0.25, 0.3) is 0 Å². The van der Waals surface area contributed by atoms with E-state index in [4.69, 9.17) is 9.47 Å². The van der Waals surface area contributed by atoms with Crippen LogP contribution in [-0.4, -0.2) is 29.9 Å². The third kappa shape index (κ3) is 2.64. The number of hydrogen-bond acceptors (Lipinski definition) is 5. The number of methoxy groups -OCH3 is 1. The minimum Gasteiger partial charge on any atom is -0.504 e. The maximum Gasteiger partial charge on any atom is 0.293 e. The van der Waals surface area contributed by atoms with Gasteiger partial charge in [-0.05, 0) is 24.6 Å². The number of aromatic hydroxyl groups is 1. The fourth-order valence-electron chi connectivity index (χ4n) is 1.40. The molecule has 5 nitrogen and oxygen atoms in total. The lowest BCUT2D eigenvalue weighted by atomic mass is 10.0. The van der Waals surface area contributed by atoms with E-state index >= 15 is 0 Å². The zero-order valence-corrected chi connectivity index (χ0v) is 9.08. The maximum atomic E-state index is 10.3. The van der Waals surface area contributed by atoms with Gasteiger partial charge in [-0.25, -0.2) is 0 Å². The van der Waals surface area contributed by atoms with E-state index < -0.39 is 12.2 Å². The Morgan fingerprint density at radius 1 is 1.44 bits per heavy atom. The van der Waals surface area contributed by atoms with Gasteiger partial charge in [-0.3, -0.25) is 4.79 Å². The minimum absolute atomic E-state index is 0.0123. The Kier molecular flexibility index (Phi) is 4.13. The number of aliphatic hydroxyl groups excluding tert-OH is 1. The predicted molar refractivity (Wildman–Crippen MR) is 56.2 cm³/mol. The van der Waals surface area contributed by atoms with Gasteiger partial charge < -0.3 is 19.7 Å². The standard InChI is InChI=1S/C11H14O5/c1-7(13)11(16-6-12)8-3-4-9(14)10(5-8)15-2/h3-7,11,13-14H,1-2H3. The molecule has 1 aromatic rings. The Labute approximate surface area is 93.2 Å². The Bertz CT molecular complexity index is 361. The molecular weight excluding hydrogens is 212 g/mol. The van der Waals surface area contributed by atoms with Gasteiger partial charge in [-0.2, -0.15) is 0 Å². The van der Waals surface area contributed by atoms with Gasteiger partial charge in [0, 0.05) is 0 Å². The van der Waals surface area contributed by atoms with Crippen molar-refractivity contribution in [1.82, 2.24) is 0 Å². The molecular formula is C11H14O5. The summed E-state index contributed by atoms with van der Waals surface area (Å²) in [6, 6.07) is 4.48. The second-order valence-electron chi connectivity index (χ2n) is 3.32. The number of phenols is 1. The van der Waals surface area contributed by atoms with Crippen molar-refractivity contribution in [3.05, 3.63) is 23.8 Å². The highest BCUT2D eigenvalue weighted by atomic mass is 16.5. The number of rotatable bonds is 5. The number of ether oxygens (including phenoxy) is 2. The molecule has 0 amide bonds. The summed E-state index contributed by atoms with van der Waals surface area (Å²) < 4.78 is 9.68. The van der Waals surface area contributed by atoms with Crippen LogP contribution >= 0.6 is 0 Å². The molecule has 16 heavy (non-hydrogen) atoms. The predicted octanol–water partition coefficient (Wildman–Crippen LogP) is 0.996. The summed E-state index contributed by atoms with van der Waals surface area (Å²) in [6.07, 6.45) is -1.62. The van der Waals surface area contributed by atoms with Crippen LogP contribution in [0.1, 0.15) is 18.6 Å². The largest absolute Gasteiger partial charge is 0.504 e. The Morgan fingerprint density at radius 2 is 2.12 bits per heavy atom. The summed E-state index contributed by atoms with van der Waals surface area (Å²) in [5, 5.41) is 18.8. The first-order valence-corrected chi connectivity index (χ1v) is 4.74. The lowest BCUT2D eigenvalue weighted by molar-refractivity contribution is -0.139. The van der Waals surface area contributed by atoms with E-state index in [1.54, 1.807) is 6.07 Å². The van der Waals surface area contributed by atoms with Crippen molar-refractivity contribution < 1.29 is 24.5 Å². The summed E-state index contributed by atoms with van der Waals surface area (Å²) in [6.45, 7) is 1.78. The molecule has 0 bridgehead atoms. The molecule has 1 aromatic carbocycles. The zero-order valence-electron chi connectivity index (χ0n) is 9.08. The SMILES string of the molecule is COc1cc(C(OC=O)C(C)O)ccc1O. The van der Waals surface area contributed by atoms with Crippen LogP contribution in [0.5, 0.6) is 11.5 Å². The van der Waals surface area contributed by atoms with Crippen molar-refractivity contribution in [2.45, 2.75) is 19.1 Å². The summed E-state index contributed by atoms with van der Waals surface area (Å²) in [7, 11) is 1.41. The number of benzene rings is 1. The molecule has 2 N–H and O–H groups in total. The lowest BCUT2D eigenvalue weighted by Crippen LogP contribution is -2.17. The van der Waals surface area contributed by atoms with E-state index in [1.807, 2.05) is 0 Å². The topological polar surface area (TPSA) is 76.0 Å². The molecule has 0 aliphatic carbocycles. The Hall–Kier alpha value is -1.75. The molecule has 0 aromatic heterocycles. The molecule has 0 saturated carbocycles. The van der Waals surface area contributed by atoms with Crippen molar-refractivity contribution >= 4 is 6.47 Å². The summed E-state index contributed by atoms with van der Waals surface area (Å²) in [5.74, 6) is 0.249. The highest BCUT2D eigenvalue weighted by Gasteiger charge is 2.19. The van der Waals surface area contributed by atoms with Crippen LogP contribution < -0.4 is 4.74 Å². The number of aliphatic hydroxyl groups is 1. The molecule has 5 heteroatoms. The third-order valence-corrected chi connectivity index (χ3v) is 2.17. The first kappa shape index (κ1) is 12.3. The van der Waals surface area contributed by atoms with Crippen molar-refractivity contribution in [2.24, 2.45) is 0 Å². The van der Waals surface area contributed by atoms with Crippen molar-refractivity contribution in [2.75, 3.05) is 7.11 Å². The zero-order chi connectivity index (χ0) is 12.1. The number of carbonyl (C=O) groups excluding carboxylic acids is 1. The smallest absolute Gasteiger partial charge is 0.293 e. The highest BCUT2D eigenvalue weighted by molar-refractivity contribution is 5.44. The van der Waals surface area contributed by atoms with Gasteiger partial charge in [-0.15, -0.1) is 0 Å². The molecule has 2 atom stereocenters. The van der Waals surface area contributed by atoms with Gasteiger partial charge in [0.2, 0.25) is 0 Å². The third-order valence-electron chi connectivity index (χ3n) is 2.17. The van der Waals surface area contributed by atoms with Crippen molar-refractivity contribution in [3.63, 3.8) is 0 Å². The Balaban J connectivity index is 3.04. The average molecular weight is 226 g/mol. The molecule has 88 valence electrons. The van der Waals surface area contributed by atoms with Gasteiger partial charge in [0.1, 0.15) is 0 Å². The highest BCUT2D eigenvalue weighted by Crippen LogP contribution is 2.31. The van der Waals surface area contributed by atoms with Crippen molar-refractivity contribution in [1.29, 1.82) is 0 Å². The maximum absolute atomic E-state index is 10.3. The first-order chi connectivity index (χ1) is 7.60. The number of hydrogen-bond donors (Lipinski definition) is 2. The van der Waals surface area contributed by atoms with Crippen molar-refractivity contribution in [3.8, 4) is 11.5 Å². The molecule has 0 saturated heterocycles. The summed E-state index contributed by atoms with van der Waals surface area (Å²) >= 11 is 0. The van der Waals surface area contributed by atoms with Crippen LogP contribution in [0.2, 0.25) is 0 Å². The van der Waals surface area contributed by atoms with Gasteiger partial charge in [0.05, 0.1) is 13.2 Å². The monoisotopic (exact) mass is 226 g/mol. The average Bonchev–Trinajstić information content (AvgIpc) is 2.26. The number of carbonyl (C=O) groups is 1. The molecule has 0 radical (unpaired) electrons. The van der Waals surface area contributed by atoms with Gasteiger partial charge in [-0.1, -0.05) is 6.07 Å². The molecule has 1 rings (SSSR count). The molecule has 0 spiro atoms. The van der Waals surface area contributed by atoms with Crippen LogP contribution in [0.15, 0.2) is 18.2 Å². The molecule has 0 fully saturated rings. The van der Waals surface area contributed by atoms with Crippen LogP contribution in [0.3, 0.4) is 0 Å². The summed E-state index contributed by atoms with van der Waals surface area (Å²) in [5.41, 5.74) is 0.553. The second kappa shape index (κ2) is 5.37. The van der Waals surface area contributed by atoms with Gasteiger partial charge in [0.25, 0.3) is 6.47 Å². The molecule has 2 unspecified atom stereocenters. The first-order valence-electron chi connectivity index (χ1n) is 4.74. The number of phenolic OH excluding ortho intramolecular Hbond substituents is 1. The molecule has 0 aliphatic heterocycles. The molecule has 0 aliphatic rings. The van der Waals surface area contributed by atoms with Gasteiger partial charge >= 0.3 is 0 Å². The molecule has 0 heterocycles. The fourth-order valence-corrected chi connectivity index (χ4v) is 1.40. The van der Waals surface area contributed by atoms with E-state index in [1.165, 1.54) is 26.2 Å². The second-order valence-corrected chi connectivity index (χ2v) is 3.32. The van der Waals surface area contributed by atoms with Crippen LogP contribution in [-0.2, 0) is 9.53 Å². The van der Waals surface area contributed by atoms with E-state index in [-0.39, 0.29) is 18.0 Å². The van der Waals surface area contributed by atoms with Crippen LogP contribution in [0.4, 0.5) is 0 Å². The van der Waals surface area contributed by atoms with Gasteiger partial charge in [0.15, 0.2) is 17.6 Å². The Morgan fingerprint density at radius 3 is 2.62 bits per heavy atom. The quantitative estimate of drug-likeness (QED) is 0.732. The van der Waals surface area contributed by atoms with E-state index in [0.29, 0.717) is 5.56 Å². The minimum atomic E-state index is -0.848. The van der Waals surface area contributed by atoms with E-state index in [2.05, 4.69) is 0 Å².